The second-order valence-electron chi connectivity index (χ2n) is 6.27. The first-order valence-corrected chi connectivity index (χ1v) is 7.19. The second-order valence-corrected chi connectivity index (χ2v) is 6.27. The number of aliphatic hydroxyl groups excluding tert-OH is 1. The second kappa shape index (κ2) is 4.60. The van der Waals surface area contributed by atoms with Crippen LogP contribution in [0, 0.1) is 23.7 Å². The molecule has 3 nitrogen and oxygen atoms in total. The third kappa shape index (κ3) is 2.10. The smallest absolute Gasteiger partial charge is 0.223 e. The number of carbonyl (C=O) groups excluding carboxylic acids is 1. The Morgan fingerprint density at radius 3 is 2.71 bits per heavy atom. The fourth-order valence-electron chi connectivity index (χ4n) is 4.30. The molecule has 0 radical (unpaired) electrons. The van der Waals surface area contributed by atoms with Crippen LogP contribution in [0.25, 0.3) is 0 Å². The topological polar surface area (TPSA) is 49.3 Å². The van der Waals surface area contributed by atoms with Crippen molar-refractivity contribution in [1.82, 2.24) is 5.32 Å². The van der Waals surface area contributed by atoms with Crippen molar-refractivity contribution in [2.24, 2.45) is 23.7 Å². The van der Waals surface area contributed by atoms with E-state index in [2.05, 4.69) is 5.32 Å². The van der Waals surface area contributed by atoms with E-state index >= 15 is 0 Å². The number of hydrogen-bond donors (Lipinski definition) is 2. The summed E-state index contributed by atoms with van der Waals surface area (Å²) >= 11 is 0. The van der Waals surface area contributed by atoms with Gasteiger partial charge in [-0.2, -0.15) is 0 Å². The van der Waals surface area contributed by atoms with Crippen molar-refractivity contribution in [3.05, 3.63) is 0 Å². The zero-order valence-corrected chi connectivity index (χ0v) is 10.4. The summed E-state index contributed by atoms with van der Waals surface area (Å²) in [6, 6.07) is 0.242. The molecule has 2 bridgehead atoms. The minimum Gasteiger partial charge on any atom is -0.396 e. The van der Waals surface area contributed by atoms with Crippen molar-refractivity contribution in [1.29, 1.82) is 0 Å². The van der Waals surface area contributed by atoms with Gasteiger partial charge in [0.25, 0.3) is 0 Å². The standard InChI is InChI=1S/C14H23NO2/c16-8-11-2-1-3-13(11)15-14(17)12-7-9-4-5-10(12)6-9/h9-13,16H,1-8H2,(H,15,17). The SMILES string of the molecule is O=C(NC1CCCC1CO)C1CC2CCC1C2. The fraction of sp³-hybridized carbons (Fsp3) is 0.929. The van der Waals surface area contributed by atoms with Crippen LogP contribution in [0.1, 0.15) is 44.9 Å². The van der Waals surface area contributed by atoms with Crippen LogP contribution in [0.5, 0.6) is 0 Å². The Hall–Kier alpha value is -0.570. The minimum absolute atomic E-state index is 0.224. The normalized spacial score (nSPS) is 44.2. The highest BCUT2D eigenvalue weighted by molar-refractivity contribution is 5.79. The summed E-state index contributed by atoms with van der Waals surface area (Å²) in [6.45, 7) is 0.224. The van der Waals surface area contributed by atoms with Gasteiger partial charge >= 0.3 is 0 Å². The van der Waals surface area contributed by atoms with Crippen LogP contribution < -0.4 is 5.32 Å². The molecule has 3 aliphatic carbocycles. The number of rotatable bonds is 3. The van der Waals surface area contributed by atoms with Gasteiger partial charge in [0.05, 0.1) is 0 Å². The highest BCUT2D eigenvalue weighted by Gasteiger charge is 2.43. The summed E-state index contributed by atoms with van der Waals surface area (Å²) in [5.74, 6) is 2.36. The molecule has 0 aliphatic heterocycles. The number of hydrogen-bond acceptors (Lipinski definition) is 2. The molecule has 2 N–H and O–H groups in total. The zero-order chi connectivity index (χ0) is 11.8. The van der Waals surface area contributed by atoms with Crippen LogP contribution in [0.4, 0.5) is 0 Å². The highest BCUT2D eigenvalue weighted by atomic mass is 16.3. The fourth-order valence-corrected chi connectivity index (χ4v) is 4.30. The van der Waals surface area contributed by atoms with Gasteiger partial charge in [0.2, 0.25) is 5.91 Å². The molecule has 0 aromatic carbocycles. The third-order valence-corrected chi connectivity index (χ3v) is 5.30. The molecule has 3 saturated carbocycles. The number of amides is 1. The minimum atomic E-state index is 0.224. The van der Waals surface area contributed by atoms with Crippen LogP contribution in [0.15, 0.2) is 0 Å². The van der Waals surface area contributed by atoms with E-state index in [1.807, 2.05) is 0 Å². The molecule has 5 atom stereocenters. The van der Waals surface area contributed by atoms with Gasteiger partial charge in [0.15, 0.2) is 0 Å². The van der Waals surface area contributed by atoms with Gasteiger partial charge in [-0.25, -0.2) is 0 Å². The lowest BCUT2D eigenvalue weighted by atomic mass is 9.87. The number of aliphatic hydroxyl groups is 1. The summed E-state index contributed by atoms with van der Waals surface area (Å²) in [4.78, 5) is 12.3. The maximum Gasteiger partial charge on any atom is 0.223 e. The Kier molecular flexibility index (Phi) is 3.12. The Morgan fingerprint density at radius 1 is 1.18 bits per heavy atom. The molecule has 3 aliphatic rings. The highest BCUT2D eigenvalue weighted by Crippen LogP contribution is 2.48. The molecule has 1 amide bonds. The molecule has 0 heterocycles. The monoisotopic (exact) mass is 237 g/mol. The van der Waals surface area contributed by atoms with E-state index in [9.17, 15) is 9.90 Å². The number of carbonyl (C=O) groups is 1. The summed E-state index contributed by atoms with van der Waals surface area (Å²) in [7, 11) is 0. The molecule has 17 heavy (non-hydrogen) atoms. The molecule has 96 valence electrons. The summed E-state index contributed by atoms with van der Waals surface area (Å²) in [5, 5.41) is 12.5. The Bertz CT molecular complexity index is 305. The average molecular weight is 237 g/mol. The van der Waals surface area contributed by atoms with E-state index in [-0.39, 0.29) is 24.5 Å². The lowest BCUT2D eigenvalue weighted by Crippen LogP contribution is -2.43. The van der Waals surface area contributed by atoms with Crippen LogP contribution in [0.3, 0.4) is 0 Å². The molecular weight excluding hydrogens is 214 g/mol. The van der Waals surface area contributed by atoms with Gasteiger partial charge in [0, 0.05) is 24.5 Å². The van der Waals surface area contributed by atoms with Crippen molar-refractivity contribution in [2.45, 2.75) is 51.0 Å². The van der Waals surface area contributed by atoms with Crippen molar-refractivity contribution < 1.29 is 9.90 Å². The Balaban J connectivity index is 1.56. The van der Waals surface area contributed by atoms with Gasteiger partial charge in [-0.1, -0.05) is 12.8 Å². The van der Waals surface area contributed by atoms with Crippen molar-refractivity contribution in [3.8, 4) is 0 Å². The molecule has 0 aromatic heterocycles. The molecule has 0 spiro atoms. The largest absolute Gasteiger partial charge is 0.396 e. The first-order valence-electron chi connectivity index (χ1n) is 7.19. The van der Waals surface area contributed by atoms with Crippen molar-refractivity contribution >= 4 is 5.91 Å². The van der Waals surface area contributed by atoms with Crippen LogP contribution in [0.2, 0.25) is 0 Å². The van der Waals surface area contributed by atoms with Gasteiger partial charge in [0.1, 0.15) is 0 Å². The van der Waals surface area contributed by atoms with E-state index in [1.54, 1.807) is 0 Å². The van der Waals surface area contributed by atoms with Crippen LogP contribution in [-0.2, 0) is 4.79 Å². The summed E-state index contributed by atoms with van der Waals surface area (Å²) in [5.41, 5.74) is 0. The molecule has 0 saturated heterocycles. The maximum absolute atomic E-state index is 12.3. The lowest BCUT2D eigenvalue weighted by Gasteiger charge is -2.25. The van der Waals surface area contributed by atoms with Crippen molar-refractivity contribution in [3.63, 3.8) is 0 Å². The van der Waals surface area contributed by atoms with E-state index in [0.717, 1.165) is 31.6 Å². The van der Waals surface area contributed by atoms with Crippen LogP contribution in [-0.4, -0.2) is 23.7 Å². The predicted octanol–water partition coefficient (Wildman–Crippen LogP) is 1.70. The lowest BCUT2D eigenvalue weighted by molar-refractivity contribution is -0.127. The van der Waals surface area contributed by atoms with Crippen LogP contribution >= 0.6 is 0 Å². The predicted molar refractivity (Wildman–Crippen MR) is 65.3 cm³/mol. The Morgan fingerprint density at radius 2 is 2.06 bits per heavy atom. The van der Waals surface area contributed by atoms with Crippen molar-refractivity contribution in [2.75, 3.05) is 6.61 Å². The van der Waals surface area contributed by atoms with Gasteiger partial charge in [-0.15, -0.1) is 0 Å². The molecule has 0 aromatic rings. The van der Waals surface area contributed by atoms with Gasteiger partial charge in [-0.3, -0.25) is 4.79 Å². The van der Waals surface area contributed by atoms with Gasteiger partial charge in [-0.05, 0) is 43.9 Å². The summed E-state index contributed by atoms with van der Waals surface area (Å²) in [6.07, 6.45) is 8.27. The zero-order valence-electron chi connectivity index (χ0n) is 10.4. The third-order valence-electron chi connectivity index (χ3n) is 5.30. The molecule has 5 unspecified atom stereocenters. The van der Waals surface area contributed by atoms with Gasteiger partial charge < -0.3 is 10.4 Å². The number of fused-ring (bicyclic) bond motifs is 2. The van der Waals surface area contributed by atoms with E-state index in [1.165, 1.54) is 19.3 Å². The first-order chi connectivity index (χ1) is 8.28. The quantitative estimate of drug-likeness (QED) is 0.785. The number of nitrogens with one attached hydrogen (secondary N) is 1. The van der Waals surface area contributed by atoms with E-state index < -0.39 is 0 Å². The Labute approximate surface area is 103 Å². The molecule has 3 heteroatoms. The first kappa shape index (κ1) is 11.5. The van der Waals surface area contributed by atoms with E-state index in [0.29, 0.717) is 11.8 Å². The molecular formula is C14H23NO2. The maximum atomic E-state index is 12.3. The summed E-state index contributed by atoms with van der Waals surface area (Å²) < 4.78 is 0. The average Bonchev–Trinajstić information content (AvgIpc) is 3.03. The van der Waals surface area contributed by atoms with E-state index in [4.69, 9.17) is 0 Å². The molecule has 3 fully saturated rings. The molecule has 3 rings (SSSR count).